The molecule has 0 saturated heterocycles. The Morgan fingerprint density at radius 1 is 0.892 bits per heavy atom. The van der Waals surface area contributed by atoms with Crippen LogP contribution in [0.25, 0.3) is 0 Å². The van der Waals surface area contributed by atoms with E-state index >= 15 is 0 Å². The van der Waals surface area contributed by atoms with Gasteiger partial charge < -0.3 is 10.2 Å². The van der Waals surface area contributed by atoms with E-state index in [0.717, 1.165) is 26.6 Å². The molecule has 7 nitrogen and oxygen atoms in total. The summed E-state index contributed by atoms with van der Waals surface area (Å²) in [5.74, 6) is -0.731. The number of rotatable bonds is 11. The van der Waals surface area contributed by atoms with Crippen LogP contribution in [-0.4, -0.2) is 55.6 Å². The molecule has 3 rings (SSSR count). The van der Waals surface area contributed by atoms with Gasteiger partial charge in [-0.15, -0.1) is 0 Å². The Balaban J connectivity index is 1.96. The third-order valence-corrected chi connectivity index (χ3v) is 8.13. The van der Waals surface area contributed by atoms with Crippen molar-refractivity contribution < 1.29 is 18.0 Å². The number of likely N-dealkylation sites (N-methyl/N-ethyl adjacent to an activating group) is 2. The van der Waals surface area contributed by atoms with Crippen LogP contribution in [0.2, 0.25) is 0 Å². The third kappa shape index (κ3) is 7.27. The minimum Gasteiger partial charge on any atom is -0.355 e. The Kier molecular flexibility index (Phi) is 9.60. The van der Waals surface area contributed by atoms with Gasteiger partial charge in [0.1, 0.15) is 6.04 Å². The van der Waals surface area contributed by atoms with Crippen molar-refractivity contribution in [3.63, 3.8) is 0 Å². The lowest BCUT2D eigenvalue weighted by molar-refractivity contribution is -0.141. The maximum absolute atomic E-state index is 13.8. The lowest BCUT2D eigenvalue weighted by Crippen LogP contribution is -2.53. The number of nitrogens with zero attached hydrogens (tertiary/aromatic N) is 2. The quantitative estimate of drug-likeness (QED) is 0.417. The average Bonchev–Trinajstić information content (AvgIpc) is 2.88. The van der Waals surface area contributed by atoms with E-state index in [2.05, 4.69) is 5.32 Å². The standard InChI is InChI=1S/C29H35N3O4S/c1-5-30-29(34)27(19-24-12-7-6-8-13-24)32(20-25-14-10-9-11-23(25)3)28(33)21-31(4)37(35,36)26-17-15-22(2)16-18-26/h6-18,27H,5,19-21H2,1-4H3,(H,30,34)/t27-/m0/s1. The molecule has 0 aliphatic rings. The molecule has 0 fully saturated rings. The molecular weight excluding hydrogens is 486 g/mol. The van der Waals surface area contributed by atoms with Gasteiger partial charge in [0.05, 0.1) is 11.4 Å². The maximum Gasteiger partial charge on any atom is 0.243 e. The van der Waals surface area contributed by atoms with E-state index in [1.807, 2.05) is 75.4 Å². The van der Waals surface area contributed by atoms with Crippen molar-refractivity contribution >= 4 is 21.8 Å². The number of hydrogen-bond acceptors (Lipinski definition) is 4. The minimum absolute atomic E-state index is 0.114. The van der Waals surface area contributed by atoms with Crippen molar-refractivity contribution in [2.45, 2.75) is 44.7 Å². The summed E-state index contributed by atoms with van der Waals surface area (Å²) in [5, 5.41) is 2.85. The SMILES string of the molecule is CCNC(=O)[C@H](Cc1ccccc1)N(Cc1ccccc1C)C(=O)CN(C)S(=O)(=O)c1ccc(C)cc1. The Labute approximate surface area is 220 Å². The molecule has 0 saturated carbocycles. The first kappa shape index (κ1) is 28.1. The molecule has 0 radical (unpaired) electrons. The fourth-order valence-corrected chi connectivity index (χ4v) is 5.19. The second-order valence-corrected chi connectivity index (χ2v) is 11.2. The summed E-state index contributed by atoms with van der Waals surface area (Å²) in [6.07, 6.45) is 0.304. The van der Waals surface area contributed by atoms with Gasteiger partial charge >= 0.3 is 0 Å². The van der Waals surface area contributed by atoms with Crippen LogP contribution >= 0.6 is 0 Å². The summed E-state index contributed by atoms with van der Waals surface area (Å²) in [5.41, 5.74) is 3.72. The average molecular weight is 522 g/mol. The number of sulfonamides is 1. The molecule has 3 aromatic carbocycles. The molecule has 2 amide bonds. The van der Waals surface area contributed by atoms with E-state index in [1.165, 1.54) is 24.1 Å². The molecule has 1 N–H and O–H groups in total. The fourth-order valence-electron chi connectivity index (χ4n) is 4.07. The Morgan fingerprint density at radius 3 is 2.14 bits per heavy atom. The van der Waals surface area contributed by atoms with Gasteiger partial charge in [-0.25, -0.2) is 8.42 Å². The Hall–Kier alpha value is -3.49. The van der Waals surface area contributed by atoms with Crippen LogP contribution in [0.5, 0.6) is 0 Å². The van der Waals surface area contributed by atoms with E-state index in [1.54, 1.807) is 12.1 Å². The van der Waals surface area contributed by atoms with E-state index in [-0.39, 0.29) is 17.3 Å². The van der Waals surface area contributed by atoms with Crippen molar-refractivity contribution in [2.75, 3.05) is 20.1 Å². The number of nitrogens with one attached hydrogen (secondary N) is 1. The van der Waals surface area contributed by atoms with Gasteiger partial charge in [0, 0.05) is 26.6 Å². The zero-order valence-corrected chi connectivity index (χ0v) is 22.7. The molecule has 196 valence electrons. The molecule has 0 aliphatic carbocycles. The Morgan fingerprint density at radius 2 is 1.51 bits per heavy atom. The topological polar surface area (TPSA) is 86.8 Å². The fraction of sp³-hybridized carbons (Fsp3) is 0.310. The van der Waals surface area contributed by atoms with Gasteiger partial charge in [0.25, 0.3) is 0 Å². The molecular formula is C29H35N3O4S. The van der Waals surface area contributed by atoms with E-state index in [9.17, 15) is 18.0 Å². The number of carbonyl (C=O) groups excluding carboxylic acids is 2. The van der Waals surface area contributed by atoms with E-state index in [4.69, 9.17) is 0 Å². The number of hydrogen-bond donors (Lipinski definition) is 1. The van der Waals surface area contributed by atoms with E-state index in [0.29, 0.717) is 13.0 Å². The van der Waals surface area contributed by atoms with Gasteiger partial charge in [0.15, 0.2) is 0 Å². The molecule has 1 atom stereocenters. The van der Waals surface area contributed by atoms with Crippen molar-refractivity contribution in [3.8, 4) is 0 Å². The zero-order valence-electron chi connectivity index (χ0n) is 21.8. The molecule has 8 heteroatoms. The number of carbonyl (C=O) groups is 2. The second kappa shape index (κ2) is 12.7. The Bertz CT molecular complexity index is 1310. The smallest absolute Gasteiger partial charge is 0.243 e. The number of benzene rings is 3. The van der Waals surface area contributed by atoms with Crippen LogP contribution in [-0.2, 0) is 32.6 Å². The highest BCUT2D eigenvalue weighted by atomic mass is 32.2. The van der Waals surface area contributed by atoms with Crippen LogP contribution in [0, 0.1) is 13.8 Å². The summed E-state index contributed by atoms with van der Waals surface area (Å²) in [6.45, 7) is 5.85. The van der Waals surface area contributed by atoms with Gasteiger partial charge in [-0.3, -0.25) is 9.59 Å². The molecule has 0 spiro atoms. The first-order valence-corrected chi connectivity index (χ1v) is 13.8. The summed E-state index contributed by atoms with van der Waals surface area (Å²) in [7, 11) is -2.51. The van der Waals surface area contributed by atoms with Crippen LogP contribution < -0.4 is 5.32 Å². The van der Waals surface area contributed by atoms with Crippen molar-refractivity contribution in [1.82, 2.24) is 14.5 Å². The highest BCUT2D eigenvalue weighted by molar-refractivity contribution is 7.89. The highest BCUT2D eigenvalue weighted by Crippen LogP contribution is 2.19. The summed E-state index contributed by atoms with van der Waals surface area (Å²) in [4.78, 5) is 28.7. The molecule has 0 unspecified atom stereocenters. The zero-order chi connectivity index (χ0) is 27.0. The number of aryl methyl sites for hydroxylation is 2. The molecule has 0 aliphatic heterocycles. The van der Waals surface area contributed by atoms with Gasteiger partial charge in [-0.1, -0.05) is 72.3 Å². The lowest BCUT2D eigenvalue weighted by atomic mass is 10.0. The number of amides is 2. The van der Waals surface area contributed by atoms with Gasteiger partial charge in [0.2, 0.25) is 21.8 Å². The largest absolute Gasteiger partial charge is 0.355 e. The highest BCUT2D eigenvalue weighted by Gasteiger charge is 2.33. The maximum atomic E-state index is 13.8. The monoisotopic (exact) mass is 521 g/mol. The molecule has 0 aromatic heterocycles. The van der Waals surface area contributed by atoms with Crippen LogP contribution in [0.3, 0.4) is 0 Å². The predicted octanol–water partition coefficient (Wildman–Crippen LogP) is 3.70. The second-order valence-electron chi connectivity index (χ2n) is 9.12. The van der Waals surface area contributed by atoms with E-state index < -0.39 is 28.5 Å². The van der Waals surface area contributed by atoms with Gasteiger partial charge in [-0.05, 0) is 49.6 Å². The predicted molar refractivity (Wildman–Crippen MR) is 145 cm³/mol. The lowest BCUT2D eigenvalue weighted by Gasteiger charge is -2.33. The normalized spacial score (nSPS) is 12.2. The van der Waals surface area contributed by atoms with Crippen molar-refractivity contribution in [3.05, 3.63) is 101 Å². The molecule has 37 heavy (non-hydrogen) atoms. The first-order valence-electron chi connectivity index (χ1n) is 12.3. The van der Waals surface area contributed by atoms with Crippen LogP contribution in [0.1, 0.15) is 29.2 Å². The molecule has 0 bridgehead atoms. The summed E-state index contributed by atoms with van der Waals surface area (Å²) >= 11 is 0. The van der Waals surface area contributed by atoms with Crippen molar-refractivity contribution in [2.24, 2.45) is 0 Å². The van der Waals surface area contributed by atoms with Gasteiger partial charge in [-0.2, -0.15) is 4.31 Å². The van der Waals surface area contributed by atoms with Crippen LogP contribution in [0.15, 0.2) is 83.8 Å². The minimum atomic E-state index is -3.90. The third-order valence-electron chi connectivity index (χ3n) is 6.31. The first-order chi connectivity index (χ1) is 17.6. The van der Waals surface area contributed by atoms with Crippen LogP contribution in [0.4, 0.5) is 0 Å². The summed E-state index contributed by atoms with van der Waals surface area (Å²) < 4.78 is 27.4. The molecule has 0 heterocycles. The summed E-state index contributed by atoms with van der Waals surface area (Å²) in [6, 6.07) is 22.9. The van der Waals surface area contributed by atoms with Crippen molar-refractivity contribution in [1.29, 1.82) is 0 Å². The molecule has 3 aromatic rings.